The Labute approximate surface area is 139 Å². The van der Waals surface area contributed by atoms with Gasteiger partial charge in [0.1, 0.15) is 11.6 Å². The molecule has 0 atom stereocenters. The van der Waals surface area contributed by atoms with Crippen LogP contribution in [0.1, 0.15) is 6.92 Å². The molecule has 6 nitrogen and oxygen atoms in total. The van der Waals surface area contributed by atoms with Gasteiger partial charge < -0.3 is 14.6 Å². The van der Waals surface area contributed by atoms with Crippen molar-refractivity contribution in [2.45, 2.75) is 11.8 Å². The lowest BCUT2D eigenvalue weighted by Gasteiger charge is -2.25. The molecule has 0 aliphatic rings. The van der Waals surface area contributed by atoms with E-state index in [4.69, 9.17) is 4.74 Å². The van der Waals surface area contributed by atoms with Crippen LogP contribution in [0.2, 0.25) is 0 Å². The molecule has 24 heavy (non-hydrogen) atoms. The van der Waals surface area contributed by atoms with Gasteiger partial charge in [0.25, 0.3) is 10.0 Å². The highest BCUT2D eigenvalue weighted by molar-refractivity contribution is 7.92. The van der Waals surface area contributed by atoms with Crippen LogP contribution < -0.4 is 14.1 Å². The van der Waals surface area contributed by atoms with E-state index in [1.54, 1.807) is 6.92 Å². The number of nitrogens with zero attached hydrogens (tertiary/aromatic N) is 1. The lowest BCUT2D eigenvalue weighted by atomic mass is 10.3. The summed E-state index contributed by atoms with van der Waals surface area (Å²) >= 11 is 0. The molecule has 0 radical (unpaired) electrons. The molecule has 0 amide bonds. The number of hydrogen-bond acceptors (Lipinski definition) is 5. The van der Waals surface area contributed by atoms with Gasteiger partial charge in [0.15, 0.2) is 0 Å². The van der Waals surface area contributed by atoms with Crippen LogP contribution in [-0.2, 0) is 14.8 Å². The van der Waals surface area contributed by atoms with Gasteiger partial charge in [-0.2, -0.15) is 0 Å². The van der Waals surface area contributed by atoms with Gasteiger partial charge in [-0.3, -0.25) is 4.31 Å². The van der Waals surface area contributed by atoms with Gasteiger partial charge in [-0.25, -0.2) is 12.8 Å². The number of carboxylic acids is 1. The zero-order valence-electron chi connectivity index (χ0n) is 12.8. The van der Waals surface area contributed by atoms with Crippen LogP contribution in [0.3, 0.4) is 0 Å². The maximum Gasteiger partial charge on any atom is 0.264 e. The van der Waals surface area contributed by atoms with Crippen molar-refractivity contribution >= 4 is 21.7 Å². The van der Waals surface area contributed by atoms with Crippen LogP contribution in [0, 0.1) is 5.82 Å². The molecule has 0 unspecified atom stereocenters. The molecule has 128 valence electrons. The number of benzene rings is 2. The van der Waals surface area contributed by atoms with E-state index in [1.807, 2.05) is 0 Å². The number of rotatable bonds is 7. The van der Waals surface area contributed by atoms with Crippen molar-refractivity contribution in [3.05, 3.63) is 54.3 Å². The monoisotopic (exact) mass is 352 g/mol. The molecule has 0 fully saturated rings. The molecule has 2 aromatic rings. The molecule has 0 aliphatic heterocycles. The van der Waals surface area contributed by atoms with Crippen LogP contribution in [0.5, 0.6) is 5.75 Å². The maximum atomic E-state index is 13.0. The second-order valence-corrected chi connectivity index (χ2v) is 6.63. The highest BCUT2D eigenvalue weighted by atomic mass is 32.2. The molecule has 0 N–H and O–H groups in total. The third-order valence-electron chi connectivity index (χ3n) is 3.11. The van der Waals surface area contributed by atoms with Gasteiger partial charge in [-0.1, -0.05) is 0 Å². The molecule has 2 rings (SSSR count). The second-order valence-electron chi connectivity index (χ2n) is 4.76. The lowest BCUT2D eigenvalue weighted by molar-refractivity contribution is -0.303. The first kappa shape index (κ1) is 17.7. The second kappa shape index (κ2) is 7.31. The minimum atomic E-state index is -4.19. The number of anilines is 1. The Morgan fingerprint density at radius 1 is 1.12 bits per heavy atom. The van der Waals surface area contributed by atoms with E-state index in [1.165, 1.54) is 24.3 Å². The van der Waals surface area contributed by atoms with E-state index in [0.29, 0.717) is 16.7 Å². The SMILES string of the molecule is CCOc1ccc(N(CC(=O)[O-])S(=O)(=O)c2ccc(F)cc2)cc1. The van der Waals surface area contributed by atoms with E-state index >= 15 is 0 Å². The zero-order valence-corrected chi connectivity index (χ0v) is 13.6. The van der Waals surface area contributed by atoms with E-state index < -0.39 is 28.4 Å². The smallest absolute Gasteiger partial charge is 0.264 e. The predicted octanol–water partition coefficient (Wildman–Crippen LogP) is 1.17. The van der Waals surface area contributed by atoms with Crippen molar-refractivity contribution in [1.82, 2.24) is 0 Å². The number of sulfonamides is 1. The molecule has 0 saturated carbocycles. The molecular formula is C16H15FNO5S-. The number of carbonyl (C=O) groups is 1. The number of halogens is 1. The number of aliphatic carboxylic acids is 1. The summed E-state index contributed by atoms with van der Waals surface area (Å²) in [6.45, 7) is 1.37. The van der Waals surface area contributed by atoms with E-state index in [2.05, 4.69) is 0 Å². The molecule has 2 aromatic carbocycles. The Hall–Kier alpha value is -2.61. The van der Waals surface area contributed by atoms with Gasteiger partial charge in [0, 0.05) is 0 Å². The van der Waals surface area contributed by atoms with Crippen molar-refractivity contribution in [2.75, 3.05) is 17.5 Å². The fourth-order valence-electron chi connectivity index (χ4n) is 2.04. The van der Waals surface area contributed by atoms with Gasteiger partial charge >= 0.3 is 0 Å². The summed E-state index contributed by atoms with van der Waals surface area (Å²) in [5.74, 6) is -1.63. The topological polar surface area (TPSA) is 86.7 Å². The predicted molar refractivity (Wildman–Crippen MR) is 83.5 cm³/mol. The van der Waals surface area contributed by atoms with Crippen LogP contribution in [-0.4, -0.2) is 27.5 Å². The standard InChI is InChI=1S/C16H16FNO5S/c1-2-23-14-7-5-13(6-8-14)18(11-16(19)20)24(21,22)15-9-3-12(17)4-10-15/h3-10H,2,11H2,1H3,(H,19,20)/p-1. The third-order valence-corrected chi connectivity index (χ3v) is 4.90. The van der Waals surface area contributed by atoms with Gasteiger partial charge in [0.05, 0.1) is 29.7 Å². The number of hydrogen-bond donors (Lipinski definition) is 0. The molecule has 0 saturated heterocycles. The summed E-state index contributed by atoms with van der Waals surface area (Å²) in [5, 5.41) is 11.0. The van der Waals surface area contributed by atoms with Crippen LogP contribution >= 0.6 is 0 Å². The van der Waals surface area contributed by atoms with Crippen molar-refractivity contribution in [3.63, 3.8) is 0 Å². The minimum absolute atomic E-state index is 0.131. The van der Waals surface area contributed by atoms with Crippen LogP contribution in [0.15, 0.2) is 53.4 Å². The fourth-order valence-corrected chi connectivity index (χ4v) is 3.45. The maximum absolute atomic E-state index is 13.0. The summed E-state index contributed by atoms with van der Waals surface area (Å²) in [7, 11) is -4.19. The largest absolute Gasteiger partial charge is 0.548 e. The van der Waals surface area contributed by atoms with E-state index in [9.17, 15) is 22.7 Å². The Morgan fingerprint density at radius 2 is 1.71 bits per heavy atom. The molecule has 0 bridgehead atoms. The molecule has 0 aromatic heterocycles. The molecule has 0 spiro atoms. The van der Waals surface area contributed by atoms with Crippen molar-refractivity contribution in [2.24, 2.45) is 0 Å². The third kappa shape index (κ3) is 4.02. The zero-order chi connectivity index (χ0) is 17.7. The highest BCUT2D eigenvalue weighted by Crippen LogP contribution is 2.25. The molecule has 0 heterocycles. The van der Waals surface area contributed by atoms with Crippen LogP contribution in [0.4, 0.5) is 10.1 Å². The summed E-state index contributed by atoms with van der Waals surface area (Å²) in [6.07, 6.45) is 0. The quantitative estimate of drug-likeness (QED) is 0.746. The highest BCUT2D eigenvalue weighted by Gasteiger charge is 2.25. The Bertz CT molecular complexity index is 803. The Balaban J connectivity index is 2.43. The summed E-state index contributed by atoms with van der Waals surface area (Å²) < 4.78 is 44.3. The summed E-state index contributed by atoms with van der Waals surface area (Å²) in [6, 6.07) is 10.0. The number of carbonyl (C=O) groups excluding carboxylic acids is 1. The molecule has 8 heteroatoms. The van der Waals surface area contributed by atoms with Crippen LogP contribution in [0.25, 0.3) is 0 Å². The lowest BCUT2D eigenvalue weighted by Crippen LogP contribution is -2.41. The summed E-state index contributed by atoms with van der Waals surface area (Å²) in [5.41, 5.74) is 0.131. The molecule has 0 aliphatic carbocycles. The number of ether oxygens (including phenoxy) is 1. The van der Waals surface area contributed by atoms with Crippen molar-refractivity contribution < 1.29 is 27.4 Å². The first-order chi connectivity index (χ1) is 11.3. The average molecular weight is 352 g/mol. The van der Waals surface area contributed by atoms with Crippen molar-refractivity contribution in [3.8, 4) is 5.75 Å². The fraction of sp³-hybridized carbons (Fsp3) is 0.188. The van der Waals surface area contributed by atoms with Gasteiger partial charge in [-0.15, -0.1) is 0 Å². The van der Waals surface area contributed by atoms with Gasteiger partial charge in [-0.05, 0) is 55.5 Å². The van der Waals surface area contributed by atoms with E-state index in [-0.39, 0.29) is 10.6 Å². The van der Waals surface area contributed by atoms with Crippen molar-refractivity contribution in [1.29, 1.82) is 0 Å². The summed E-state index contributed by atoms with van der Waals surface area (Å²) in [4.78, 5) is 10.8. The first-order valence-electron chi connectivity index (χ1n) is 7.05. The molecular weight excluding hydrogens is 337 g/mol. The number of carboxylic acid groups (broad SMARTS) is 1. The first-order valence-corrected chi connectivity index (χ1v) is 8.49. The normalized spacial score (nSPS) is 11.1. The van der Waals surface area contributed by atoms with Gasteiger partial charge in [0.2, 0.25) is 0 Å². The Kier molecular flexibility index (Phi) is 5.40. The average Bonchev–Trinajstić information content (AvgIpc) is 2.54. The van der Waals surface area contributed by atoms with E-state index in [0.717, 1.165) is 24.3 Å². The Morgan fingerprint density at radius 3 is 2.21 bits per heavy atom. The minimum Gasteiger partial charge on any atom is -0.548 e.